The van der Waals surface area contributed by atoms with Gasteiger partial charge in [-0.15, -0.1) is 11.3 Å². The quantitative estimate of drug-likeness (QED) is 0.260. The number of alkyl carbamates (subject to hydrolysis) is 1. The molecular weight excluding hydrogens is 388 g/mol. The number of hydrogen-bond donors (Lipinski definition) is 2. The summed E-state index contributed by atoms with van der Waals surface area (Å²) < 4.78 is 10.1. The summed E-state index contributed by atoms with van der Waals surface area (Å²) >= 11 is 1.13. The second-order valence-electron chi connectivity index (χ2n) is 6.48. The van der Waals surface area contributed by atoms with Gasteiger partial charge in [0.15, 0.2) is 5.13 Å². The van der Waals surface area contributed by atoms with E-state index in [9.17, 15) is 14.4 Å². The molecule has 0 fully saturated rings. The second-order valence-corrected chi connectivity index (χ2v) is 7.34. The van der Waals surface area contributed by atoms with Crippen LogP contribution < -0.4 is 10.6 Å². The molecule has 0 aliphatic rings. The van der Waals surface area contributed by atoms with Crippen LogP contribution in [0.2, 0.25) is 0 Å². The van der Waals surface area contributed by atoms with Crippen LogP contribution in [0.25, 0.3) is 0 Å². The van der Waals surface area contributed by atoms with Crippen LogP contribution in [0.1, 0.15) is 46.7 Å². The van der Waals surface area contributed by atoms with E-state index in [1.54, 1.807) is 33.1 Å². The fourth-order valence-corrected chi connectivity index (χ4v) is 2.44. The lowest BCUT2D eigenvalue weighted by molar-refractivity contribution is -0.135. The van der Waals surface area contributed by atoms with Gasteiger partial charge < -0.3 is 24.9 Å². The molecule has 2 N–H and O–H groups in total. The molecule has 0 spiro atoms. The van der Waals surface area contributed by atoms with E-state index in [4.69, 9.17) is 14.3 Å². The molecule has 28 heavy (non-hydrogen) atoms. The van der Waals surface area contributed by atoms with Crippen LogP contribution in [0.4, 0.5) is 9.93 Å². The number of ether oxygens (including phenoxy) is 2. The number of nitrogens with zero attached hydrogens (tertiary/aromatic N) is 2. The highest BCUT2D eigenvalue weighted by Crippen LogP contribution is 2.16. The number of carbonyl (C=O) groups excluding carboxylic acids is 3. The zero-order valence-electron chi connectivity index (χ0n) is 16.6. The summed E-state index contributed by atoms with van der Waals surface area (Å²) in [5.41, 5.74) is -0.532. The van der Waals surface area contributed by atoms with Crippen LogP contribution in [-0.4, -0.2) is 54.0 Å². The molecule has 0 aliphatic heterocycles. The van der Waals surface area contributed by atoms with E-state index in [2.05, 4.69) is 20.8 Å². The van der Waals surface area contributed by atoms with Gasteiger partial charge in [-0.25, -0.2) is 14.6 Å². The average molecular weight is 414 g/mol. The van der Waals surface area contributed by atoms with Gasteiger partial charge in [0, 0.05) is 5.38 Å². The summed E-state index contributed by atoms with van der Waals surface area (Å²) in [5.74, 6) is -0.708. The minimum absolute atomic E-state index is 0.132. The molecule has 0 aliphatic carbocycles. The highest BCUT2D eigenvalue weighted by molar-refractivity contribution is 7.14. The van der Waals surface area contributed by atoms with Gasteiger partial charge in [0.1, 0.15) is 17.4 Å². The molecule has 1 unspecified atom stereocenters. The third-order valence-electron chi connectivity index (χ3n) is 3.02. The Balaban J connectivity index is 2.83. The Bertz CT molecular complexity index is 698. The number of amides is 2. The third kappa shape index (κ3) is 8.33. The van der Waals surface area contributed by atoms with Crippen molar-refractivity contribution >= 4 is 40.7 Å². The normalized spacial score (nSPS) is 12.7. The van der Waals surface area contributed by atoms with E-state index < -0.39 is 23.8 Å². The SMILES string of the molecule is CCOC(=O)/C(=N/OC(CC)CNC(=O)OC(C)(C)C)c1csc(NC=O)n1. The average Bonchev–Trinajstić information content (AvgIpc) is 3.05. The van der Waals surface area contributed by atoms with E-state index in [0.29, 0.717) is 18.0 Å². The number of carbonyl (C=O) groups is 3. The van der Waals surface area contributed by atoms with E-state index in [0.717, 1.165) is 11.3 Å². The van der Waals surface area contributed by atoms with Gasteiger partial charge >= 0.3 is 12.1 Å². The lowest BCUT2D eigenvalue weighted by atomic mass is 10.2. The van der Waals surface area contributed by atoms with Crippen molar-refractivity contribution in [1.29, 1.82) is 0 Å². The van der Waals surface area contributed by atoms with Crippen molar-refractivity contribution in [3.05, 3.63) is 11.1 Å². The highest BCUT2D eigenvalue weighted by atomic mass is 32.1. The minimum Gasteiger partial charge on any atom is -0.461 e. The zero-order valence-corrected chi connectivity index (χ0v) is 17.4. The molecule has 1 aromatic heterocycles. The Morgan fingerprint density at radius 1 is 1.36 bits per heavy atom. The van der Waals surface area contributed by atoms with Crippen molar-refractivity contribution in [3.8, 4) is 0 Å². The Kier molecular flexibility index (Phi) is 9.36. The molecule has 11 heteroatoms. The molecule has 1 atom stereocenters. The molecule has 1 aromatic rings. The van der Waals surface area contributed by atoms with Crippen molar-refractivity contribution in [2.45, 2.75) is 52.7 Å². The zero-order chi connectivity index (χ0) is 21.2. The smallest absolute Gasteiger partial charge is 0.407 e. The fourth-order valence-electron chi connectivity index (χ4n) is 1.78. The summed E-state index contributed by atoms with van der Waals surface area (Å²) in [6.45, 7) is 9.08. The van der Waals surface area contributed by atoms with Gasteiger partial charge in [0.2, 0.25) is 12.1 Å². The van der Waals surface area contributed by atoms with Gasteiger partial charge in [-0.2, -0.15) is 0 Å². The molecule has 10 nitrogen and oxygen atoms in total. The van der Waals surface area contributed by atoms with E-state index >= 15 is 0 Å². The van der Waals surface area contributed by atoms with E-state index in [1.165, 1.54) is 0 Å². The minimum atomic E-state index is -0.708. The molecule has 1 heterocycles. The van der Waals surface area contributed by atoms with Gasteiger partial charge in [-0.05, 0) is 34.1 Å². The van der Waals surface area contributed by atoms with Crippen molar-refractivity contribution in [2.75, 3.05) is 18.5 Å². The lowest BCUT2D eigenvalue weighted by Crippen LogP contribution is -2.37. The molecule has 2 amide bonds. The first kappa shape index (κ1) is 23.3. The van der Waals surface area contributed by atoms with E-state index in [1.807, 2.05) is 6.92 Å². The fraction of sp³-hybridized carbons (Fsp3) is 0.588. The first-order valence-electron chi connectivity index (χ1n) is 8.74. The molecule has 156 valence electrons. The predicted octanol–water partition coefficient (Wildman–Crippen LogP) is 2.30. The summed E-state index contributed by atoms with van der Waals surface area (Å²) in [6.07, 6.45) is -0.0726. The maximum atomic E-state index is 12.2. The number of aromatic nitrogens is 1. The molecule has 0 saturated carbocycles. The van der Waals surface area contributed by atoms with Crippen LogP contribution in [0.3, 0.4) is 0 Å². The van der Waals surface area contributed by atoms with Crippen LogP contribution >= 0.6 is 11.3 Å². The lowest BCUT2D eigenvalue weighted by Gasteiger charge is -2.21. The maximum absolute atomic E-state index is 12.2. The van der Waals surface area contributed by atoms with Gasteiger partial charge in [0.05, 0.1) is 13.2 Å². The number of oxime groups is 1. The Morgan fingerprint density at radius 3 is 2.64 bits per heavy atom. The summed E-state index contributed by atoms with van der Waals surface area (Å²) in [6, 6.07) is 0. The molecular formula is C17H26N4O6S. The molecule has 0 saturated heterocycles. The van der Waals surface area contributed by atoms with Crippen molar-refractivity contribution in [3.63, 3.8) is 0 Å². The summed E-state index contributed by atoms with van der Waals surface area (Å²) in [7, 11) is 0. The standard InChI is InChI=1S/C17H26N4O6S/c1-6-11(8-18-16(24)26-17(3,4)5)27-21-13(14(23)25-7-2)12-9-28-15(20-12)19-10-22/h9-11H,6-8H2,1-5H3,(H,18,24)(H,19,20,22)/b21-13+. The molecule has 1 rings (SSSR count). The highest BCUT2D eigenvalue weighted by Gasteiger charge is 2.22. The maximum Gasteiger partial charge on any atom is 0.407 e. The predicted molar refractivity (Wildman–Crippen MR) is 104 cm³/mol. The monoisotopic (exact) mass is 414 g/mol. The van der Waals surface area contributed by atoms with Crippen LogP contribution in [0.5, 0.6) is 0 Å². The Labute approximate surface area is 167 Å². The first-order valence-corrected chi connectivity index (χ1v) is 9.62. The first-order chi connectivity index (χ1) is 13.2. The molecule has 0 bridgehead atoms. The second kappa shape index (κ2) is 11.2. The van der Waals surface area contributed by atoms with Crippen LogP contribution in [0.15, 0.2) is 10.5 Å². The number of esters is 1. The van der Waals surface area contributed by atoms with Gasteiger partial charge in [-0.3, -0.25) is 4.79 Å². The summed E-state index contributed by atoms with van der Waals surface area (Å²) in [5, 5.41) is 10.7. The van der Waals surface area contributed by atoms with Gasteiger partial charge in [-0.1, -0.05) is 12.1 Å². The van der Waals surface area contributed by atoms with Gasteiger partial charge in [0.25, 0.3) is 0 Å². The summed E-state index contributed by atoms with van der Waals surface area (Å²) in [4.78, 5) is 44.0. The topological polar surface area (TPSA) is 128 Å². The number of hydrogen-bond acceptors (Lipinski definition) is 9. The number of rotatable bonds is 10. The van der Waals surface area contributed by atoms with Crippen LogP contribution in [0, 0.1) is 0 Å². The number of anilines is 1. The van der Waals surface area contributed by atoms with Crippen molar-refractivity contribution in [2.24, 2.45) is 5.16 Å². The number of thiazole rings is 1. The van der Waals surface area contributed by atoms with Crippen molar-refractivity contribution in [1.82, 2.24) is 10.3 Å². The Morgan fingerprint density at radius 2 is 2.07 bits per heavy atom. The Hall–Kier alpha value is -2.69. The van der Waals surface area contributed by atoms with E-state index in [-0.39, 0.29) is 24.6 Å². The van der Waals surface area contributed by atoms with Crippen molar-refractivity contribution < 1.29 is 28.7 Å². The number of nitrogens with one attached hydrogen (secondary N) is 2. The molecule has 0 radical (unpaired) electrons. The largest absolute Gasteiger partial charge is 0.461 e. The third-order valence-corrected chi connectivity index (χ3v) is 3.79. The van der Waals surface area contributed by atoms with Crippen LogP contribution in [-0.2, 0) is 23.9 Å². The molecule has 0 aromatic carbocycles.